The van der Waals surface area contributed by atoms with Crippen molar-refractivity contribution in [2.24, 2.45) is 5.73 Å². The minimum absolute atomic E-state index is 0.346. The van der Waals surface area contributed by atoms with Crippen LogP contribution in [0.4, 0.5) is 0 Å². The molecule has 0 aromatic rings. The average molecular weight is 603 g/mol. The second-order valence-corrected chi connectivity index (χ2v) is 18.1. The molecule has 0 aliphatic heterocycles. The highest BCUT2D eigenvalue weighted by Crippen LogP contribution is 2.59. The first-order valence-corrected chi connectivity index (χ1v) is 19.7. The van der Waals surface area contributed by atoms with Crippen LogP contribution in [0.3, 0.4) is 0 Å². The molecule has 38 heavy (non-hydrogen) atoms. The smallest absolute Gasteiger partial charge is 0.373 e. The number of nitrogens with two attached hydrogens (primary N) is 1. The van der Waals surface area contributed by atoms with Crippen LogP contribution in [0, 0.1) is 0 Å². The van der Waals surface area contributed by atoms with E-state index in [1.165, 1.54) is 0 Å². The van der Waals surface area contributed by atoms with Crippen molar-refractivity contribution >= 4 is 26.4 Å². The summed E-state index contributed by atoms with van der Waals surface area (Å²) in [4.78, 5) is 0. The van der Waals surface area contributed by atoms with E-state index >= 15 is 0 Å². The molecule has 0 aromatic heterocycles. The highest BCUT2D eigenvalue weighted by Gasteiger charge is 2.89. The summed E-state index contributed by atoms with van der Waals surface area (Å²) in [5.41, 5.74) is 5.76. The van der Waals surface area contributed by atoms with Gasteiger partial charge in [0.15, 0.2) is 4.28 Å². The molecule has 0 bridgehead atoms. The van der Waals surface area contributed by atoms with Gasteiger partial charge in [0, 0.05) is 59.5 Å². The zero-order valence-corrected chi connectivity index (χ0v) is 28.7. The molecule has 0 saturated carbocycles. The van der Waals surface area contributed by atoms with Crippen molar-refractivity contribution in [3.63, 3.8) is 0 Å². The summed E-state index contributed by atoms with van der Waals surface area (Å²) in [5, 5.41) is 3.52. The first-order valence-electron chi connectivity index (χ1n) is 14.5. The maximum Gasteiger partial charge on any atom is 0.516 e. The Morgan fingerprint density at radius 3 is 0.947 bits per heavy atom. The predicted octanol–water partition coefficient (Wildman–Crippen LogP) is 3.28. The molecule has 230 valence electrons. The van der Waals surface area contributed by atoms with Crippen LogP contribution in [0.1, 0.15) is 75.2 Å². The van der Waals surface area contributed by atoms with Crippen molar-refractivity contribution in [3.8, 4) is 0 Å². The summed E-state index contributed by atoms with van der Waals surface area (Å²) in [6.07, 6.45) is 1.26. The monoisotopic (exact) mass is 602 g/mol. The topological polar surface area (TPSA) is 121 Å². The molecule has 0 aromatic carbocycles. The van der Waals surface area contributed by atoms with Gasteiger partial charge in [0.2, 0.25) is 0 Å². The lowest BCUT2D eigenvalue weighted by Crippen LogP contribution is -2.82. The molecule has 11 nitrogen and oxygen atoms in total. The Morgan fingerprint density at radius 2 is 0.737 bits per heavy atom. The fourth-order valence-corrected chi connectivity index (χ4v) is 20.9. The van der Waals surface area contributed by atoms with Gasteiger partial charge in [-0.25, -0.2) is 0 Å². The number of rotatable bonds is 27. The van der Waals surface area contributed by atoms with E-state index in [0.717, 1.165) is 13.0 Å². The molecule has 0 atom stereocenters. The largest absolute Gasteiger partial charge is 0.516 e. The summed E-state index contributed by atoms with van der Waals surface area (Å²) < 4.78 is 58.9. The minimum atomic E-state index is -3.83. The molecule has 0 unspecified atom stereocenters. The van der Waals surface area contributed by atoms with Gasteiger partial charge in [-0.05, 0) is 94.8 Å². The maximum absolute atomic E-state index is 6.68. The first kappa shape index (κ1) is 38.2. The summed E-state index contributed by atoms with van der Waals surface area (Å²) in [7, 11) is -11.5. The third-order valence-corrected chi connectivity index (χ3v) is 21.2. The van der Waals surface area contributed by atoms with Crippen molar-refractivity contribution in [2.45, 2.75) is 79.4 Å². The Labute approximate surface area is 235 Å². The van der Waals surface area contributed by atoms with Crippen LogP contribution >= 0.6 is 0 Å². The molecular weight excluding hydrogens is 545 g/mol. The van der Waals surface area contributed by atoms with E-state index in [9.17, 15) is 0 Å². The molecule has 0 fully saturated rings. The average Bonchev–Trinajstić information content (AvgIpc) is 2.87. The van der Waals surface area contributed by atoms with Gasteiger partial charge < -0.3 is 50.9 Å². The van der Waals surface area contributed by atoms with E-state index in [1.54, 1.807) is 0 Å². The lowest BCUT2D eigenvalue weighted by Gasteiger charge is -2.55. The van der Waals surface area contributed by atoms with E-state index in [-0.39, 0.29) is 0 Å². The molecular formula is C24H58N2O9Si3. The van der Waals surface area contributed by atoms with Gasteiger partial charge in [0.25, 0.3) is 0 Å². The Bertz CT molecular complexity index is 467. The number of hydrogen-bond donors (Lipinski definition) is 2. The summed E-state index contributed by atoms with van der Waals surface area (Å²) in [5.74, 6) is 0. The molecule has 0 aliphatic carbocycles. The molecule has 0 spiro atoms. The van der Waals surface area contributed by atoms with Gasteiger partial charge in [-0.1, -0.05) is 0 Å². The molecule has 0 saturated heterocycles. The Morgan fingerprint density at radius 1 is 0.474 bits per heavy atom. The number of hydrogen-bond acceptors (Lipinski definition) is 11. The van der Waals surface area contributed by atoms with E-state index in [4.69, 9.17) is 45.6 Å². The lowest BCUT2D eigenvalue weighted by molar-refractivity contribution is -0.0124. The van der Waals surface area contributed by atoms with Gasteiger partial charge in [-0.15, -0.1) is 0 Å². The summed E-state index contributed by atoms with van der Waals surface area (Å²) in [6.45, 7) is 22.4. The van der Waals surface area contributed by atoms with Crippen LogP contribution in [0.5, 0.6) is 0 Å². The van der Waals surface area contributed by atoms with E-state index in [0.29, 0.717) is 79.0 Å². The molecule has 14 heteroatoms. The van der Waals surface area contributed by atoms with E-state index in [1.807, 2.05) is 62.3 Å². The molecule has 3 N–H and O–H groups in total. The zero-order valence-electron chi connectivity index (χ0n) is 25.7. The fourth-order valence-electron chi connectivity index (χ4n) is 4.84. The quantitative estimate of drug-likeness (QED) is 0.106. The second-order valence-electron chi connectivity index (χ2n) is 8.11. The SMILES string of the molecule is CCO[Si](OCC)(OCC)C(CCNCCCN)([Si](OCC)(OCC)OCC)[Si](OCC)(OCC)OCC. The highest BCUT2D eigenvalue weighted by atomic mass is 28.5. The molecule has 0 aliphatic rings. The van der Waals surface area contributed by atoms with Crippen molar-refractivity contribution in [1.82, 2.24) is 5.32 Å². The van der Waals surface area contributed by atoms with Crippen LogP contribution < -0.4 is 11.1 Å². The lowest BCUT2D eigenvalue weighted by atomic mass is 10.4. The summed E-state index contributed by atoms with van der Waals surface area (Å²) in [6, 6.07) is 0. The molecule has 0 rings (SSSR count). The van der Waals surface area contributed by atoms with Crippen LogP contribution in [0.2, 0.25) is 4.28 Å². The van der Waals surface area contributed by atoms with Gasteiger partial charge in [0.1, 0.15) is 0 Å². The van der Waals surface area contributed by atoms with Gasteiger partial charge in [0.05, 0.1) is 0 Å². The fraction of sp³-hybridized carbons (Fsp3) is 1.00. The Kier molecular flexibility index (Phi) is 21.1. The Hall–Kier alpha value is 0.211. The predicted molar refractivity (Wildman–Crippen MR) is 156 cm³/mol. The van der Waals surface area contributed by atoms with Crippen molar-refractivity contribution in [3.05, 3.63) is 0 Å². The standard InChI is InChI=1S/C24H58N2O9Si3/c1-10-27-36(28-11-2,29-12-3)24(20-23-26-22-19-21-25,37(30-13-4,31-14-5)32-15-6)38(33-16-7,34-17-8)35-18-9/h26H,10-23,25H2,1-9H3. The second kappa shape index (κ2) is 21.0. The molecule has 0 amide bonds. The van der Waals surface area contributed by atoms with Gasteiger partial charge >= 0.3 is 26.4 Å². The maximum atomic E-state index is 6.68. The zero-order chi connectivity index (χ0) is 29.0. The molecule has 0 radical (unpaired) electrons. The van der Waals surface area contributed by atoms with Crippen LogP contribution in [-0.4, -0.2) is 106 Å². The third kappa shape index (κ3) is 8.85. The van der Waals surface area contributed by atoms with Crippen LogP contribution in [0.15, 0.2) is 0 Å². The summed E-state index contributed by atoms with van der Waals surface area (Å²) >= 11 is 0. The van der Waals surface area contributed by atoms with Crippen LogP contribution in [0.25, 0.3) is 0 Å². The van der Waals surface area contributed by atoms with E-state index < -0.39 is 30.7 Å². The van der Waals surface area contributed by atoms with Crippen molar-refractivity contribution in [2.75, 3.05) is 79.1 Å². The van der Waals surface area contributed by atoms with Gasteiger partial charge in [-0.3, -0.25) is 0 Å². The van der Waals surface area contributed by atoms with Gasteiger partial charge in [-0.2, -0.15) is 0 Å². The third-order valence-electron chi connectivity index (χ3n) is 5.81. The molecule has 0 heterocycles. The first-order chi connectivity index (χ1) is 18.4. The van der Waals surface area contributed by atoms with Crippen molar-refractivity contribution in [1.29, 1.82) is 0 Å². The highest BCUT2D eigenvalue weighted by molar-refractivity contribution is 7.02. The number of nitrogens with one attached hydrogen (secondary N) is 1. The van der Waals surface area contributed by atoms with E-state index in [2.05, 4.69) is 5.32 Å². The van der Waals surface area contributed by atoms with Crippen LogP contribution in [-0.2, 0) is 39.8 Å². The normalized spacial score (nSPS) is 13.4. The van der Waals surface area contributed by atoms with Crippen molar-refractivity contribution < 1.29 is 39.8 Å². The minimum Gasteiger partial charge on any atom is -0.373 e. The Balaban J connectivity index is 8.00.